The van der Waals surface area contributed by atoms with Gasteiger partial charge in [0.15, 0.2) is 4.80 Å². The van der Waals surface area contributed by atoms with Gasteiger partial charge in [-0.1, -0.05) is 41.7 Å². The standard InChI is InChI=1S/C29H28N4O4S2/c1-16(2)37-28(36)24-18(4)30-29-32(25(24)19-11-13-21(38-5)14-12-19)27(35)23(39-29)15-22-17(3)31-33(26(22)34)20-9-7-6-8-10-20/h6-16,22,25H,1-5H3/b23-15-/t22-,25-/m0/s1. The van der Waals surface area contributed by atoms with E-state index in [2.05, 4.69) is 10.1 Å². The Hall–Kier alpha value is -3.76. The molecule has 0 bridgehead atoms. The van der Waals surface area contributed by atoms with Gasteiger partial charge in [-0.25, -0.2) is 9.79 Å². The second-order valence-electron chi connectivity index (χ2n) is 9.54. The van der Waals surface area contributed by atoms with Crippen LogP contribution >= 0.6 is 23.1 Å². The van der Waals surface area contributed by atoms with E-state index in [1.54, 1.807) is 45.5 Å². The summed E-state index contributed by atoms with van der Waals surface area (Å²) in [6, 6.07) is 16.2. The fourth-order valence-corrected chi connectivity index (χ4v) is 6.12. The summed E-state index contributed by atoms with van der Waals surface area (Å²) in [5.74, 6) is -1.42. The van der Waals surface area contributed by atoms with Crippen molar-refractivity contribution in [1.82, 2.24) is 4.57 Å². The predicted octanol–water partition coefficient (Wildman–Crippen LogP) is 3.90. The van der Waals surface area contributed by atoms with Gasteiger partial charge >= 0.3 is 5.97 Å². The first-order valence-corrected chi connectivity index (χ1v) is 14.6. The van der Waals surface area contributed by atoms with Crippen LogP contribution in [0.1, 0.15) is 39.3 Å². The molecule has 0 spiro atoms. The molecule has 5 rings (SSSR count). The average molecular weight is 561 g/mol. The highest BCUT2D eigenvalue weighted by atomic mass is 32.2. The van der Waals surface area contributed by atoms with Crippen LogP contribution in [-0.4, -0.2) is 34.5 Å². The third-order valence-corrected chi connectivity index (χ3v) is 8.26. The van der Waals surface area contributed by atoms with Gasteiger partial charge in [-0.15, -0.1) is 11.8 Å². The van der Waals surface area contributed by atoms with Crippen LogP contribution in [0.3, 0.4) is 0 Å². The molecule has 2 aliphatic heterocycles. The van der Waals surface area contributed by atoms with Crippen LogP contribution < -0.4 is 19.9 Å². The number of amides is 1. The highest BCUT2D eigenvalue weighted by molar-refractivity contribution is 7.98. The zero-order chi connectivity index (χ0) is 27.8. The second-order valence-corrected chi connectivity index (χ2v) is 11.4. The Morgan fingerprint density at radius 1 is 1.08 bits per heavy atom. The number of esters is 1. The smallest absolute Gasteiger partial charge is 0.338 e. The lowest BCUT2D eigenvalue weighted by Gasteiger charge is -2.25. The molecule has 2 aromatic carbocycles. The molecule has 0 fully saturated rings. The number of allylic oxidation sites excluding steroid dienone is 1. The molecule has 3 aromatic rings. The van der Waals surface area contributed by atoms with Gasteiger partial charge < -0.3 is 4.74 Å². The lowest BCUT2D eigenvalue weighted by molar-refractivity contribution is -0.143. The number of thioether (sulfide) groups is 1. The maximum absolute atomic E-state index is 13.9. The molecule has 0 saturated carbocycles. The minimum atomic E-state index is -0.708. The van der Waals surface area contributed by atoms with E-state index < -0.39 is 17.9 Å². The maximum Gasteiger partial charge on any atom is 0.338 e. The molecule has 10 heteroatoms. The largest absolute Gasteiger partial charge is 0.459 e. The average Bonchev–Trinajstić information content (AvgIpc) is 3.38. The van der Waals surface area contributed by atoms with E-state index in [1.165, 1.54) is 20.9 Å². The minimum Gasteiger partial charge on any atom is -0.459 e. The van der Waals surface area contributed by atoms with Gasteiger partial charge in [0.25, 0.3) is 11.5 Å². The Morgan fingerprint density at radius 3 is 2.41 bits per heavy atom. The number of benzene rings is 2. The van der Waals surface area contributed by atoms with Gasteiger partial charge in [-0.3, -0.25) is 14.2 Å². The molecule has 8 nitrogen and oxygen atoms in total. The maximum atomic E-state index is 13.9. The SMILES string of the molecule is CSc1ccc([C@H]2C(C(=O)OC(C)C)=C(C)N=c3s/c(=C\[C@@H]4C(=O)N(c5ccccc5)N=C4C)c(=O)n32)cc1. The van der Waals surface area contributed by atoms with Crippen molar-refractivity contribution >= 4 is 52.5 Å². The normalized spacial score (nSPS) is 19.3. The summed E-state index contributed by atoms with van der Waals surface area (Å²) in [6.07, 6.45) is 3.32. The fraction of sp³-hybridized carbons (Fsp3) is 0.276. The number of carbonyl (C=O) groups is 2. The summed E-state index contributed by atoms with van der Waals surface area (Å²) in [5, 5.41) is 5.82. The molecule has 39 heavy (non-hydrogen) atoms. The number of anilines is 1. The number of para-hydroxylation sites is 1. The van der Waals surface area contributed by atoms with Gasteiger partial charge in [0, 0.05) is 4.90 Å². The highest BCUT2D eigenvalue weighted by Crippen LogP contribution is 2.32. The summed E-state index contributed by atoms with van der Waals surface area (Å²) >= 11 is 2.81. The van der Waals surface area contributed by atoms with Crippen molar-refractivity contribution in [3.05, 3.63) is 91.1 Å². The van der Waals surface area contributed by atoms with Gasteiger partial charge in [0.1, 0.15) is 5.92 Å². The predicted molar refractivity (Wildman–Crippen MR) is 155 cm³/mol. The molecule has 0 unspecified atom stereocenters. The molecule has 0 saturated heterocycles. The molecular weight excluding hydrogens is 532 g/mol. The lowest BCUT2D eigenvalue weighted by Crippen LogP contribution is -2.40. The molecule has 3 heterocycles. The van der Waals surface area contributed by atoms with Crippen molar-refractivity contribution in [2.24, 2.45) is 16.0 Å². The van der Waals surface area contributed by atoms with E-state index in [-0.39, 0.29) is 17.6 Å². The van der Waals surface area contributed by atoms with E-state index in [0.29, 0.717) is 32.0 Å². The Balaban J connectivity index is 1.62. The molecule has 200 valence electrons. The van der Waals surface area contributed by atoms with E-state index in [1.807, 2.05) is 60.9 Å². The van der Waals surface area contributed by atoms with Crippen molar-refractivity contribution in [3.63, 3.8) is 0 Å². The Kier molecular flexibility index (Phi) is 7.42. The van der Waals surface area contributed by atoms with Crippen LogP contribution in [-0.2, 0) is 14.3 Å². The number of carbonyl (C=O) groups excluding carboxylic acids is 2. The highest BCUT2D eigenvalue weighted by Gasteiger charge is 2.36. The van der Waals surface area contributed by atoms with Gasteiger partial charge in [0.2, 0.25) is 0 Å². The van der Waals surface area contributed by atoms with Crippen LogP contribution in [0, 0.1) is 5.92 Å². The van der Waals surface area contributed by atoms with Crippen LogP contribution in [0.25, 0.3) is 6.08 Å². The quantitative estimate of drug-likeness (QED) is 0.337. The van der Waals surface area contributed by atoms with Crippen molar-refractivity contribution in [3.8, 4) is 0 Å². The number of aromatic nitrogens is 1. The van der Waals surface area contributed by atoms with Gasteiger partial charge in [-0.2, -0.15) is 10.1 Å². The number of thiazole rings is 1. The first-order chi connectivity index (χ1) is 18.7. The summed E-state index contributed by atoms with van der Waals surface area (Å²) in [7, 11) is 0. The molecule has 1 aromatic heterocycles. The molecule has 0 aliphatic carbocycles. The van der Waals surface area contributed by atoms with Crippen molar-refractivity contribution in [2.45, 2.75) is 44.7 Å². The van der Waals surface area contributed by atoms with Crippen LogP contribution in [0.5, 0.6) is 0 Å². The third kappa shape index (κ3) is 5.02. The van der Waals surface area contributed by atoms with E-state index >= 15 is 0 Å². The van der Waals surface area contributed by atoms with Crippen molar-refractivity contribution in [1.29, 1.82) is 0 Å². The van der Waals surface area contributed by atoms with Crippen molar-refractivity contribution < 1.29 is 14.3 Å². The molecule has 2 atom stereocenters. The number of rotatable bonds is 6. The number of hydrogen-bond donors (Lipinski definition) is 0. The number of nitrogens with zero attached hydrogens (tertiary/aromatic N) is 4. The van der Waals surface area contributed by atoms with Gasteiger partial charge in [0.05, 0.1) is 39.3 Å². The number of ether oxygens (including phenoxy) is 1. The monoisotopic (exact) mass is 560 g/mol. The summed E-state index contributed by atoms with van der Waals surface area (Å²) in [4.78, 5) is 46.6. The van der Waals surface area contributed by atoms with E-state index in [0.717, 1.165) is 10.5 Å². The van der Waals surface area contributed by atoms with Crippen LogP contribution in [0.2, 0.25) is 0 Å². The Morgan fingerprint density at radius 2 is 1.77 bits per heavy atom. The first-order valence-electron chi connectivity index (χ1n) is 12.5. The topological polar surface area (TPSA) is 93.3 Å². The number of hydrogen-bond acceptors (Lipinski definition) is 8. The van der Waals surface area contributed by atoms with Gasteiger partial charge in [-0.05, 0) is 69.9 Å². The molecule has 0 radical (unpaired) electrons. The third-order valence-electron chi connectivity index (χ3n) is 6.52. The zero-order valence-corrected chi connectivity index (χ0v) is 23.9. The zero-order valence-electron chi connectivity index (χ0n) is 22.2. The minimum absolute atomic E-state index is 0.230. The summed E-state index contributed by atoms with van der Waals surface area (Å²) in [5.41, 5.74) is 2.53. The number of hydrazone groups is 1. The second kappa shape index (κ2) is 10.8. The molecular formula is C29H28N4O4S2. The molecule has 0 N–H and O–H groups in total. The van der Waals surface area contributed by atoms with E-state index in [4.69, 9.17) is 4.74 Å². The summed E-state index contributed by atoms with van der Waals surface area (Å²) in [6.45, 7) is 7.10. The fourth-order valence-electron chi connectivity index (χ4n) is 4.65. The van der Waals surface area contributed by atoms with Crippen LogP contribution in [0.4, 0.5) is 5.69 Å². The lowest BCUT2D eigenvalue weighted by atomic mass is 9.96. The molecule has 1 amide bonds. The van der Waals surface area contributed by atoms with Crippen molar-refractivity contribution in [2.75, 3.05) is 11.3 Å². The van der Waals surface area contributed by atoms with E-state index in [9.17, 15) is 14.4 Å². The summed E-state index contributed by atoms with van der Waals surface area (Å²) < 4.78 is 7.47. The number of fused-ring (bicyclic) bond motifs is 1. The first kappa shape index (κ1) is 26.8. The molecule has 2 aliphatic rings. The van der Waals surface area contributed by atoms with Crippen LogP contribution in [0.15, 0.2) is 85.7 Å². The Labute approximate surface area is 234 Å². The Bertz CT molecular complexity index is 1690.